The molecule has 23 heavy (non-hydrogen) atoms. The zero-order chi connectivity index (χ0) is 16.5. The second kappa shape index (κ2) is 8.88. The first-order chi connectivity index (χ1) is 11.2. The van der Waals surface area contributed by atoms with E-state index in [1.165, 1.54) is 6.42 Å². The number of benzene rings is 1. The van der Waals surface area contributed by atoms with Gasteiger partial charge in [0, 0.05) is 11.9 Å². The molecule has 0 unspecified atom stereocenters. The minimum absolute atomic E-state index is 0.208. The standard InChI is InChI=1S/C18H22N2O3/c1-2-3-4-7-12-19-17(21)13-23-18(22)16-11-10-14-8-5-6-9-15(14)20-16/h5-6,8-11H,2-4,7,12-13H2,1H3,(H,19,21). The smallest absolute Gasteiger partial charge is 0.357 e. The molecule has 0 bridgehead atoms. The highest BCUT2D eigenvalue weighted by Crippen LogP contribution is 2.12. The zero-order valence-electron chi connectivity index (χ0n) is 13.4. The number of ether oxygens (including phenoxy) is 1. The Morgan fingerprint density at radius 1 is 1.09 bits per heavy atom. The van der Waals surface area contributed by atoms with Crippen LogP contribution >= 0.6 is 0 Å². The van der Waals surface area contributed by atoms with Crippen molar-refractivity contribution in [2.24, 2.45) is 0 Å². The molecule has 5 heteroatoms. The van der Waals surface area contributed by atoms with Crippen molar-refractivity contribution >= 4 is 22.8 Å². The van der Waals surface area contributed by atoms with E-state index < -0.39 is 5.97 Å². The Balaban J connectivity index is 1.78. The number of hydrogen-bond donors (Lipinski definition) is 1. The Kier molecular flexibility index (Phi) is 6.54. The van der Waals surface area contributed by atoms with Crippen molar-refractivity contribution < 1.29 is 14.3 Å². The quantitative estimate of drug-likeness (QED) is 0.600. The molecule has 1 heterocycles. The number of rotatable bonds is 8. The van der Waals surface area contributed by atoms with E-state index >= 15 is 0 Å². The van der Waals surface area contributed by atoms with E-state index in [0.29, 0.717) is 6.54 Å². The number of fused-ring (bicyclic) bond motifs is 1. The van der Waals surface area contributed by atoms with Crippen LogP contribution in [0.2, 0.25) is 0 Å². The first-order valence-electron chi connectivity index (χ1n) is 8.00. The van der Waals surface area contributed by atoms with Crippen LogP contribution in [0, 0.1) is 0 Å². The number of hydrogen-bond acceptors (Lipinski definition) is 4. The van der Waals surface area contributed by atoms with Crippen LogP contribution in [0.3, 0.4) is 0 Å². The summed E-state index contributed by atoms with van der Waals surface area (Å²) in [6.45, 7) is 2.48. The van der Waals surface area contributed by atoms with Gasteiger partial charge in [0.2, 0.25) is 0 Å². The fourth-order valence-electron chi connectivity index (χ4n) is 2.22. The van der Waals surface area contributed by atoms with Crippen molar-refractivity contribution in [3.63, 3.8) is 0 Å². The summed E-state index contributed by atoms with van der Waals surface area (Å²) in [5, 5.41) is 3.69. The number of para-hydroxylation sites is 1. The average Bonchev–Trinajstić information content (AvgIpc) is 2.59. The Labute approximate surface area is 136 Å². The van der Waals surface area contributed by atoms with Gasteiger partial charge in [-0.25, -0.2) is 9.78 Å². The molecule has 0 radical (unpaired) electrons. The molecule has 2 aromatic rings. The van der Waals surface area contributed by atoms with Crippen LogP contribution in [0.5, 0.6) is 0 Å². The molecular formula is C18H22N2O3. The Bertz CT molecular complexity index is 670. The van der Waals surface area contributed by atoms with Crippen LogP contribution in [-0.2, 0) is 9.53 Å². The summed E-state index contributed by atoms with van der Waals surface area (Å²) in [6, 6.07) is 10.9. The van der Waals surface area contributed by atoms with Crippen molar-refractivity contribution in [1.29, 1.82) is 0 Å². The van der Waals surface area contributed by atoms with Gasteiger partial charge >= 0.3 is 5.97 Å². The lowest BCUT2D eigenvalue weighted by molar-refractivity contribution is -0.124. The molecule has 0 aliphatic carbocycles. The van der Waals surface area contributed by atoms with E-state index in [9.17, 15) is 9.59 Å². The van der Waals surface area contributed by atoms with Gasteiger partial charge in [0.05, 0.1) is 5.52 Å². The molecule has 5 nitrogen and oxygen atoms in total. The molecule has 0 aliphatic rings. The minimum atomic E-state index is -0.586. The summed E-state index contributed by atoms with van der Waals surface area (Å²) in [6.07, 6.45) is 4.36. The molecule has 0 saturated heterocycles. The third-order valence-electron chi connectivity index (χ3n) is 3.49. The number of carbonyl (C=O) groups is 2. The first kappa shape index (κ1) is 16.9. The molecule has 1 N–H and O–H groups in total. The molecule has 0 spiro atoms. The van der Waals surface area contributed by atoms with E-state index in [1.807, 2.05) is 30.3 Å². The van der Waals surface area contributed by atoms with Crippen molar-refractivity contribution in [3.8, 4) is 0 Å². The van der Waals surface area contributed by atoms with Gasteiger partial charge in [0.15, 0.2) is 6.61 Å². The summed E-state index contributed by atoms with van der Waals surface area (Å²) in [7, 11) is 0. The van der Waals surface area contributed by atoms with E-state index in [4.69, 9.17) is 4.74 Å². The summed E-state index contributed by atoms with van der Waals surface area (Å²) in [4.78, 5) is 27.8. The van der Waals surface area contributed by atoms with Gasteiger partial charge in [0.25, 0.3) is 5.91 Å². The fourth-order valence-corrected chi connectivity index (χ4v) is 2.22. The van der Waals surface area contributed by atoms with Crippen LogP contribution in [0.1, 0.15) is 43.1 Å². The summed E-state index contributed by atoms with van der Waals surface area (Å²) in [5.41, 5.74) is 0.932. The van der Waals surface area contributed by atoms with E-state index in [2.05, 4.69) is 17.2 Å². The number of pyridine rings is 1. The number of amides is 1. The van der Waals surface area contributed by atoms with Crippen LogP contribution in [0.4, 0.5) is 0 Å². The van der Waals surface area contributed by atoms with Crippen molar-refractivity contribution in [2.75, 3.05) is 13.2 Å². The maximum absolute atomic E-state index is 11.9. The van der Waals surface area contributed by atoms with Gasteiger partial charge in [-0.3, -0.25) is 4.79 Å². The number of carbonyl (C=O) groups excluding carboxylic acids is 2. The Morgan fingerprint density at radius 2 is 1.91 bits per heavy atom. The number of esters is 1. The van der Waals surface area contributed by atoms with Crippen LogP contribution in [0.25, 0.3) is 10.9 Å². The third-order valence-corrected chi connectivity index (χ3v) is 3.49. The average molecular weight is 314 g/mol. The summed E-state index contributed by atoms with van der Waals surface area (Å²) < 4.78 is 5.00. The number of nitrogens with one attached hydrogen (secondary N) is 1. The minimum Gasteiger partial charge on any atom is -0.451 e. The van der Waals surface area contributed by atoms with Crippen molar-refractivity contribution in [2.45, 2.75) is 32.6 Å². The predicted octanol–water partition coefficient (Wildman–Crippen LogP) is 3.09. The lowest BCUT2D eigenvalue weighted by atomic mass is 10.2. The van der Waals surface area contributed by atoms with Crippen molar-refractivity contribution in [1.82, 2.24) is 10.3 Å². The maximum Gasteiger partial charge on any atom is 0.357 e. The van der Waals surface area contributed by atoms with Crippen molar-refractivity contribution in [3.05, 3.63) is 42.1 Å². The first-order valence-corrected chi connectivity index (χ1v) is 8.00. The van der Waals surface area contributed by atoms with Gasteiger partial charge in [-0.05, 0) is 18.6 Å². The molecular weight excluding hydrogens is 292 g/mol. The summed E-state index contributed by atoms with van der Waals surface area (Å²) >= 11 is 0. The lowest BCUT2D eigenvalue weighted by Gasteiger charge is -2.06. The molecule has 1 aromatic carbocycles. The fraction of sp³-hybridized carbons (Fsp3) is 0.389. The Morgan fingerprint density at radius 3 is 2.74 bits per heavy atom. The number of unbranched alkanes of at least 4 members (excludes halogenated alkanes) is 3. The van der Waals surface area contributed by atoms with Gasteiger partial charge < -0.3 is 10.1 Å². The monoisotopic (exact) mass is 314 g/mol. The van der Waals surface area contributed by atoms with Gasteiger partial charge in [-0.15, -0.1) is 0 Å². The summed E-state index contributed by atoms with van der Waals surface area (Å²) in [5.74, 6) is -0.868. The lowest BCUT2D eigenvalue weighted by Crippen LogP contribution is -2.29. The van der Waals surface area contributed by atoms with Crippen LogP contribution < -0.4 is 5.32 Å². The highest BCUT2D eigenvalue weighted by Gasteiger charge is 2.11. The molecule has 0 saturated carbocycles. The predicted molar refractivity (Wildman–Crippen MR) is 89.2 cm³/mol. The maximum atomic E-state index is 11.9. The van der Waals surface area contributed by atoms with Gasteiger partial charge in [0.1, 0.15) is 5.69 Å². The van der Waals surface area contributed by atoms with E-state index in [-0.39, 0.29) is 18.2 Å². The molecule has 2 rings (SSSR count). The molecule has 0 fully saturated rings. The second-order valence-electron chi connectivity index (χ2n) is 5.38. The molecule has 122 valence electrons. The molecule has 0 atom stereocenters. The third kappa shape index (κ3) is 5.36. The van der Waals surface area contributed by atoms with Gasteiger partial charge in [-0.1, -0.05) is 50.5 Å². The normalized spacial score (nSPS) is 10.5. The second-order valence-corrected chi connectivity index (χ2v) is 5.38. The SMILES string of the molecule is CCCCCCNC(=O)COC(=O)c1ccc2ccccc2n1. The van der Waals surface area contributed by atoms with Crippen LogP contribution in [-0.4, -0.2) is 30.0 Å². The van der Waals surface area contributed by atoms with Crippen LogP contribution in [0.15, 0.2) is 36.4 Å². The van der Waals surface area contributed by atoms with E-state index in [0.717, 1.165) is 30.2 Å². The van der Waals surface area contributed by atoms with Gasteiger partial charge in [-0.2, -0.15) is 0 Å². The molecule has 1 aromatic heterocycles. The zero-order valence-corrected chi connectivity index (χ0v) is 13.4. The highest BCUT2D eigenvalue weighted by molar-refractivity contribution is 5.92. The van der Waals surface area contributed by atoms with E-state index in [1.54, 1.807) is 6.07 Å². The largest absolute Gasteiger partial charge is 0.451 e. The number of nitrogens with zero attached hydrogens (tertiary/aromatic N) is 1. The molecule has 0 aliphatic heterocycles. The molecule has 1 amide bonds. The Hall–Kier alpha value is -2.43. The topological polar surface area (TPSA) is 68.3 Å². The number of aromatic nitrogens is 1. The highest BCUT2D eigenvalue weighted by atomic mass is 16.5.